The van der Waals surface area contributed by atoms with Crippen LogP contribution in [0.5, 0.6) is 0 Å². The summed E-state index contributed by atoms with van der Waals surface area (Å²) in [5.74, 6) is 0.121. The number of nitrogens with two attached hydrogens (primary N) is 1. The predicted molar refractivity (Wildman–Crippen MR) is 90.5 cm³/mol. The molecule has 0 aromatic heterocycles. The molecule has 0 spiro atoms. The van der Waals surface area contributed by atoms with Gasteiger partial charge in [-0.15, -0.1) is 0 Å². The molecule has 0 saturated heterocycles. The van der Waals surface area contributed by atoms with Crippen molar-refractivity contribution in [1.29, 1.82) is 0 Å². The number of hydrogen-bond acceptors (Lipinski definition) is 3. The van der Waals surface area contributed by atoms with Gasteiger partial charge in [-0.25, -0.2) is 0 Å². The van der Waals surface area contributed by atoms with E-state index >= 15 is 0 Å². The van der Waals surface area contributed by atoms with Gasteiger partial charge in [-0.3, -0.25) is 4.79 Å². The molecule has 1 atom stereocenters. The smallest absolute Gasteiger partial charge is 0.224 e. The Labute approximate surface area is 134 Å². The number of rotatable bonds is 7. The fraction of sp³-hybridized carbons (Fsp3) is 0.611. The minimum atomic E-state index is -0.219. The topological polar surface area (TPSA) is 49.6 Å². The lowest BCUT2D eigenvalue weighted by Gasteiger charge is -2.27. The summed E-state index contributed by atoms with van der Waals surface area (Å²) < 4.78 is 0. The molecule has 1 fully saturated rings. The summed E-state index contributed by atoms with van der Waals surface area (Å²) in [5.41, 5.74) is 7.15. The van der Waals surface area contributed by atoms with Crippen molar-refractivity contribution in [2.75, 3.05) is 27.2 Å². The van der Waals surface area contributed by atoms with E-state index in [1.165, 1.54) is 25.7 Å². The van der Waals surface area contributed by atoms with Crippen LogP contribution in [0.15, 0.2) is 30.3 Å². The van der Waals surface area contributed by atoms with Gasteiger partial charge in [0.2, 0.25) is 5.91 Å². The van der Waals surface area contributed by atoms with Crippen LogP contribution in [-0.4, -0.2) is 48.9 Å². The first kappa shape index (κ1) is 17.0. The Balaban J connectivity index is 1.74. The van der Waals surface area contributed by atoms with Crippen molar-refractivity contribution in [2.45, 2.75) is 44.2 Å². The summed E-state index contributed by atoms with van der Waals surface area (Å²) in [4.78, 5) is 16.5. The minimum Gasteiger partial charge on any atom is -0.344 e. The number of nitrogens with zero attached hydrogens (tertiary/aromatic N) is 2. The Kier molecular flexibility index (Phi) is 6.40. The van der Waals surface area contributed by atoms with Gasteiger partial charge in [0.05, 0.1) is 0 Å². The van der Waals surface area contributed by atoms with Gasteiger partial charge in [0.15, 0.2) is 0 Å². The highest BCUT2D eigenvalue weighted by Crippen LogP contribution is 2.22. The van der Waals surface area contributed by atoms with E-state index in [-0.39, 0.29) is 11.9 Å². The molecule has 0 radical (unpaired) electrons. The molecule has 4 heteroatoms. The first-order chi connectivity index (χ1) is 10.6. The number of hydrogen-bond donors (Lipinski definition) is 1. The van der Waals surface area contributed by atoms with Crippen LogP contribution in [-0.2, 0) is 4.79 Å². The van der Waals surface area contributed by atoms with Gasteiger partial charge in [-0.1, -0.05) is 43.2 Å². The number of carbonyl (C=O) groups is 1. The van der Waals surface area contributed by atoms with E-state index in [1.807, 2.05) is 42.3 Å². The van der Waals surface area contributed by atoms with Crippen LogP contribution in [0.4, 0.5) is 0 Å². The van der Waals surface area contributed by atoms with Crippen molar-refractivity contribution < 1.29 is 4.79 Å². The first-order valence-corrected chi connectivity index (χ1v) is 8.32. The molecule has 0 bridgehead atoms. The molecular formula is C18H29N3O. The van der Waals surface area contributed by atoms with E-state index in [0.29, 0.717) is 12.5 Å². The second-order valence-corrected chi connectivity index (χ2v) is 6.46. The zero-order valence-electron chi connectivity index (χ0n) is 13.9. The molecule has 2 rings (SSSR count). The lowest BCUT2D eigenvalue weighted by atomic mass is 10.0. The highest BCUT2D eigenvalue weighted by Gasteiger charge is 2.20. The largest absolute Gasteiger partial charge is 0.344 e. The Hall–Kier alpha value is -1.39. The number of amides is 1. The summed E-state index contributed by atoms with van der Waals surface area (Å²) in [5, 5.41) is 0. The zero-order chi connectivity index (χ0) is 15.9. The molecule has 0 aliphatic heterocycles. The average Bonchev–Trinajstić information content (AvgIpc) is 3.07. The first-order valence-electron chi connectivity index (χ1n) is 8.32. The lowest BCUT2D eigenvalue weighted by Crippen LogP contribution is -2.39. The molecule has 22 heavy (non-hydrogen) atoms. The molecule has 1 unspecified atom stereocenters. The lowest BCUT2D eigenvalue weighted by molar-refractivity contribution is -0.130. The maximum Gasteiger partial charge on any atom is 0.224 e. The summed E-state index contributed by atoms with van der Waals surface area (Å²) >= 11 is 0. The number of benzene rings is 1. The van der Waals surface area contributed by atoms with Crippen molar-refractivity contribution in [3.8, 4) is 0 Å². The molecule has 122 valence electrons. The average molecular weight is 303 g/mol. The van der Waals surface area contributed by atoms with E-state index in [1.54, 1.807) is 0 Å². The van der Waals surface area contributed by atoms with E-state index in [4.69, 9.17) is 5.73 Å². The van der Waals surface area contributed by atoms with Crippen LogP contribution in [0.3, 0.4) is 0 Å². The predicted octanol–water partition coefficient (Wildman–Crippen LogP) is 2.41. The highest BCUT2D eigenvalue weighted by molar-refractivity contribution is 5.76. The van der Waals surface area contributed by atoms with Crippen molar-refractivity contribution in [3.05, 3.63) is 35.9 Å². The molecule has 1 aromatic carbocycles. The Morgan fingerprint density at radius 3 is 2.45 bits per heavy atom. The van der Waals surface area contributed by atoms with Gasteiger partial charge < -0.3 is 15.5 Å². The quantitative estimate of drug-likeness (QED) is 0.841. The van der Waals surface area contributed by atoms with E-state index in [9.17, 15) is 4.79 Å². The van der Waals surface area contributed by atoms with Gasteiger partial charge in [-0.05, 0) is 25.5 Å². The molecule has 4 nitrogen and oxygen atoms in total. The van der Waals surface area contributed by atoms with Crippen LogP contribution < -0.4 is 5.73 Å². The van der Waals surface area contributed by atoms with Crippen molar-refractivity contribution >= 4 is 5.91 Å². The number of carbonyl (C=O) groups excluding carboxylic acids is 1. The Morgan fingerprint density at radius 2 is 1.82 bits per heavy atom. The summed E-state index contributed by atoms with van der Waals surface area (Å²) in [6, 6.07) is 10.3. The summed E-state index contributed by atoms with van der Waals surface area (Å²) in [6.45, 7) is 1.71. The molecule has 1 amide bonds. The van der Waals surface area contributed by atoms with Gasteiger partial charge in [0.25, 0.3) is 0 Å². The minimum absolute atomic E-state index is 0.121. The van der Waals surface area contributed by atoms with E-state index in [0.717, 1.165) is 18.7 Å². The highest BCUT2D eigenvalue weighted by atomic mass is 16.2. The van der Waals surface area contributed by atoms with Gasteiger partial charge in [0, 0.05) is 38.6 Å². The van der Waals surface area contributed by atoms with Gasteiger partial charge in [0.1, 0.15) is 0 Å². The monoisotopic (exact) mass is 303 g/mol. The molecule has 1 saturated carbocycles. The van der Waals surface area contributed by atoms with Crippen LogP contribution in [0.25, 0.3) is 0 Å². The number of likely N-dealkylation sites (N-methyl/N-ethyl adjacent to an activating group) is 2. The normalized spacial score (nSPS) is 16.9. The SMILES string of the molecule is CN(CCN(C)C1CCCC1)C(=O)CC(N)c1ccccc1. The maximum absolute atomic E-state index is 12.3. The molecule has 0 heterocycles. The third-order valence-corrected chi connectivity index (χ3v) is 4.78. The molecule has 1 aliphatic rings. The molecule has 1 aromatic rings. The van der Waals surface area contributed by atoms with Crippen molar-refractivity contribution in [2.24, 2.45) is 5.73 Å². The molecule has 2 N–H and O–H groups in total. The van der Waals surface area contributed by atoms with Crippen LogP contribution >= 0.6 is 0 Å². The third-order valence-electron chi connectivity index (χ3n) is 4.78. The maximum atomic E-state index is 12.3. The van der Waals surface area contributed by atoms with Crippen LogP contribution in [0.1, 0.15) is 43.7 Å². The Morgan fingerprint density at radius 1 is 1.18 bits per heavy atom. The zero-order valence-corrected chi connectivity index (χ0v) is 13.9. The van der Waals surface area contributed by atoms with Crippen molar-refractivity contribution in [3.63, 3.8) is 0 Å². The fourth-order valence-corrected chi connectivity index (χ4v) is 3.12. The second kappa shape index (κ2) is 8.30. The summed E-state index contributed by atoms with van der Waals surface area (Å²) in [6.07, 6.45) is 5.65. The van der Waals surface area contributed by atoms with Crippen LogP contribution in [0.2, 0.25) is 0 Å². The van der Waals surface area contributed by atoms with Crippen LogP contribution in [0, 0.1) is 0 Å². The molecule has 1 aliphatic carbocycles. The fourth-order valence-electron chi connectivity index (χ4n) is 3.12. The summed E-state index contributed by atoms with van der Waals surface area (Å²) in [7, 11) is 4.05. The standard InChI is InChI=1S/C18H29N3O/c1-20(16-10-6-7-11-16)12-13-21(2)18(22)14-17(19)15-8-4-3-5-9-15/h3-5,8-9,16-17H,6-7,10-14,19H2,1-2H3. The van der Waals surface area contributed by atoms with Crippen molar-refractivity contribution in [1.82, 2.24) is 9.80 Å². The second-order valence-electron chi connectivity index (χ2n) is 6.46. The van der Waals surface area contributed by atoms with Gasteiger partial charge >= 0.3 is 0 Å². The third kappa shape index (κ3) is 4.82. The van der Waals surface area contributed by atoms with E-state index in [2.05, 4.69) is 11.9 Å². The van der Waals surface area contributed by atoms with E-state index < -0.39 is 0 Å². The Bertz CT molecular complexity index is 457. The molecular weight excluding hydrogens is 274 g/mol. The van der Waals surface area contributed by atoms with Gasteiger partial charge in [-0.2, -0.15) is 0 Å².